The van der Waals surface area contributed by atoms with E-state index in [9.17, 15) is 4.79 Å². The molecule has 0 N–H and O–H groups in total. The van der Waals surface area contributed by atoms with Crippen LogP contribution >= 0.6 is 11.6 Å². The number of hydrogen-bond donors (Lipinski definition) is 0. The molecular weight excluding hydrogens is 232 g/mol. The number of halogens is 1. The van der Waals surface area contributed by atoms with Crippen molar-refractivity contribution in [3.8, 4) is 0 Å². The van der Waals surface area contributed by atoms with E-state index in [1.54, 1.807) is 0 Å². The molecule has 0 bridgehead atoms. The lowest BCUT2D eigenvalue weighted by Gasteiger charge is -1.98. The standard InChI is InChI=1S/C8H9ClN6O/c1-2-3-6-7(9)15(13-11-6)8(16)14-5-4-10-12-14/h4-5H,2-3H2,1H3. The van der Waals surface area contributed by atoms with Crippen LogP contribution in [-0.4, -0.2) is 36.0 Å². The first-order valence-corrected chi connectivity index (χ1v) is 5.13. The maximum absolute atomic E-state index is 11.8. The average molecular weight is 241 g/mol. The molecule has 0 atom stereocenters. The maximum Gasteiger partial charge on any atom is 0.373 e. The number of aromatic nitrogens is 6. The van der Waals surface area contributed by atoms with E-state index >= 15 is 0 Å². The van der Waals surface area contributed by atoms with Crippen molar-refractivity contribution in [2.45, 2.75) is 19.8 Å². The second kappa shape index (κ2) is 4.40. The molecule has 7 nitrogen and oxygen atoms in total. The first kappa shape index (κ1) is 10.7. The number of aryl methyl sites for hydroxylation is 1. The molecule has 0 unspecified atom stereocenters. The van der Waals surface area contributed by atoms with Crippen LogP contribution in [0.25, 0.3) is 0 Å². The van der Waals surface area contributed by atoms with Crippen molar-refractivity contribution in [1.29, 1.82) is 0 Å². The third-order valence-electron chi connectivity index (χ3n) is 1.97. The van der Waals surface area contributed by atoms with Gasteiger partial charge in [-0.3, -0.25) is 0 Å². The minimum absolute atomic E-state index is 0.224. The zero-order chi connectivity index (χ0) is 11.5. The summed E-state index contributed by atoms with van der Waals surface area (Å²) in [6.07, 6.45) is 4.38. The Morgan fingerprint density at radius 3 is 2.94 bits per heavy atom. The Morgan fingerprint density at radius 1 is 1.50 bits per heavy atom. The minimum Gasteiger partial charge on any atom is -0.243 e. The Bertz CT molecular complexity index is 491. The van der Waals surface area contributed by atoms with Gasteiger partial charge in [-0.05, 0) is 6.42 Å². The summed E-state index contributed by atoms with van der Waals surface area (Å²) in [5, 5.41) is 14.8. The molecule has 84 valence electrons. The third kappa shape index (κ3) is 1.81. The molecule has 2 aromatic rings. The third-order valence-corrected chi connectivity index (χ3v) is 2.34. The van der Waals surface area contributed by atoms with Gasteiger partial charge in [0.05, 0.1) is 12.4 Å². The van der Waals surface area contributed by atoms with E-state index in [1.807, 2.05) is 6.92 Å². The summed E-state index contributed by atoms with van der Waals surface area (Å²) in [7, 11) is 0. The number of hydrogen-bond acceptors (Lipinski definition) is 5. The summed E-state index contributed by atoms with van der Waals surface area (Å²) in [5.74, 6) is 0. The van der Waals surface area contributed by atoms with Crippen LogP contribution in [0.3, 0.4) is 0 Å². The molecule has 0 amide bonds. The molecule has 0 saturated heterocycles. The fourth-order valence-electron chi connectivity index (χ4n) is 1.22. The van der Waals surface area contributed by atoms with Gasteiger partial charge in [-0.1, -0.05) is 35.4 Å². The Labute approximate surface area is 96.0 Å². The maximum atomic E-state index is 11.8. The SMILES string of the molecule is CCCc1nnn(C(=O)n2ccnn2)c1Cl. The highest BCUT2D eigenvalue weighted by Gasteiger charge is 2.17. The van der Waals surface area contributed by atoms with E-state index in [4.69, 9.17) is 11.6 Å². The van der Waals surface area contributed by atoms with Crippen molar-refractivity contribution in [2.24, 2.45) is 0 Å². The van der Waals surface area contributed by atoms with E-state index in [2.05, 4.69) is 20.6 Å². The Kier molecular flexibility index (Phi) is 2.95. The number of carbonyl (C=O) groups excluding carboxylic acids is 1. The van der Waals surface area contributed by atoms with Gasteiger partial charge in [0.2, 0.25) is 0 Å². The number of carbonyl (C=O) groups is 1. The predicted octanol–water partition coefficient (Wildman–Crippen LogP) is 0.992. The van der Waals surface area contributed by atoms with Crippen molar-refractivity contribution in [2.75, 3.05) is 0 Å². The van der Waals surface area contributed by atoms with E-state index in [1.165, 1.54) is 12.4 Å². The quantitative estimate of drug-likeness (QED) is 0.782. The van der Waals surface area contributed by atoms with Crippen molar-refractivity contribution >= 4 is 17.6 Å². The molecule has 2 heterocycles. The van der Waals surface area contributed by atoms with Crippen molar-refractivity contribution in [1.82, 2.24) is 30.0 Å². The molecule has 0 aliphatic heterocycles. The van der Waals surface area contributed by atoms with Crippen LogP contribution in [0.4, 0.5) is 4.79 Å². The second-order valence-corrected chi connectivity index (χ2v) is 3.48. The Balaban J connectivity index is 2.31. The van der Waals surface area contributed by atoms with Gasteiger partial charge in [0.15, 0.2) is 5.15 Å². The van der Waals surface area contributed by atoms with Gasteiger partial charge in [-0.2, -0.15) is 4.68 Å². The fraction of sp³-hybridized carbons (Fsp3) is 0.375. The van der Waals surface area contributed by atoms with E-state index in [0.717, 1.165) is 15.8 Å². The van der Waals surface area contributed by atoms with Crippen LogP contribution < -0.4 is 0 Å². The lowest BCUT2D eigenvalue weighted by atomic mass is 10.3. The van der Waals surface area contributed by atoms with Gasteiger partial charge in [0.1, 0.15) is 5.69 Å². The molecule has 2 rings (SSSR count). The highest BCUT2D eigenvalue weighted by molar-refractivity contribution is 6.31. The topological polar surface area (TPSA) is 78.5 Å². The summed E-state index contributed by atoms with van der Waals surface area (Å²) in [5.41, 5.74) is 0.609. The molecule has 0 aliphatic rings. The van der Waals surface area contributed by atoms with Crippen LogP contribution in [-0.2, 0) is 6.42 Å². The molecule has 16 heavy (non-hydrogen) atoms. The smallest absolute Gasteiger partial charge is 0.243 e. The predicted molar refractivity (Wildman–Crippen MR) is 55.2 cm³/mol. The molecule has 0 aliphatic carbocycles. The average Bonchev–Trinajstić information content (AvgIpc) is 2.89. The molecule has 0 aromatic carbocycles. The van der Waals surface area contributed by atoms with Crippen molar-refractivity contribution in [3.05, 3.63) is 23.2 Å². The van der Waals surface area contributed by atoms with E-state index < -0.39 is 6.03 Å². The monoisotopic (exact) mass is 240 g/mol. The first-order chi connectivity index (χ1) is 7.74. The van der Waals surface area contributed by atoms with E-state index in [-0.39, 0.29) is 5.15 Å². The molecular formula is C8H9ClN6O. The molecule has 0 saturated carbocycles. The van der Waals surface area contributed by atoms with Crippen molar-refractivity contribution in [3.63, 3.8) is 0 Å². The summed E-state index contributed by atoms with van der Waals surface area (Å²) >= 11 is 5.97. The minimum atomic E-state index is -0.502. The Hall–Kier alpha value is -1.76. The zero-order valence-electron chi connectivity index (χ0n) is 8.54. The fourth-order valence-corrected chi connectivity index (χ4v) is 1.46. The second-order valence-electron chi connectivity index (χ2n) is 3.12. The van der Waals surface area contributed by atoms with Gasteiger partial charge < -0.3 is 0 Å². The summed E-state index contributed by atoms with van der Waals surface area (Å²) in [4.78, 5) is 11.8. The highest BCUT2D eigenvalue weighted by atomic mass is 35.5. The van der Waals surface area contributed by atoms with E-state index in [0.29, 0.717) is 12.1 Å². The van der Waals surface area contributed by atoms with Gasteiger partial charge in [-0.15, -0.1) is 14.9 Å². The molecule has 8 heteroatoms. The van der Waals surface area contributed by atoms with Crippen LogP contribution in [0.2, 0.25) is 5.15 Å². The lowest BCUT2D eigenvalue weighted by molar-refractivity contribution is 0.237. The highest BCUT2D eigenvalue weighted by Crippen LogP contribution is 2.14. The van der Waals surface area contributed by atoms with Gasteiger partial charge >= 0.3 is 6.03 Å². The molecule has 2 aromatic heterocycles. The number of rotatable bonds is 2. The van der Waals surface area contributed by atoms with Crippen LogP contribution in [0, 0.1) is 0 Å². The van der Waals surface area contributed by atoms with Gasteiger partial charge in [0.25, 0.3) is 0 Å². The summed E-state index contributed by atoms with van der Waals surface area (Å²) < 4.78 is 2.04. The van der Waals surface area contributed by atoms with Gasteiger partial charge in [0, 0.05) is 0 Å². The molecule has 0 fully saturated rings. The van der Waals surface area contributed by atoms with Crippen LogP contribution in [0.1, 0.15) is 19.0 Å². The number of nitrogens with zero attached hydrogens (tertiary/aromatic N) is 6. The molecule has 0 spiro atoms. The van der Waals surface area contributed by atoms with Crippen LogP contribution in [0.5, 0.6) is 0 Å². The normalized spacial score (nSPS) is 10.6. The van der Waals surface area contributed by atoms with Gasteiger partial charge in [-0.25, -0.2) is 4.79 Å². The Morgan fingerprint density at radius 2 is 2.31 bits per heavy atom. The summed E-state index contributed by atoms with van der Waals surface area (Å²) in [6, 6.07) is -0.502. The molecule has 0 radical (unpaired) electrons. The largest absolute Gasteiger partial charge is 0.373 e. The zero-order valence-corrected chi connectivity index (χ0v) is 9.29. The lowest BCUT2D eigenvalue weighted by Crippen LogP contribution is -2.21. The van der Waals surface area contributed by atoms with Crippen molar-refractivity contribution < 1.29 is 4.79 Å². The first-order valence-electron chi connectivity index (χ1n) is 4.75. The summed E-state index contributed by atoms with van der Waals surface area (Å²) in [6.45, 7) is 1.99. The van der Waals surface area contributed by atoms with Crippen LogP contribution in [0.15, 0.2) is 12.4 Å².